The summed E-state index contributed by atoms with van der Waals surface area (Å²) in [6.07, 6.45) is 0.873. The summed E-state index contributed by atoms with van der Waals surface area (Å²) in [6, 6.07) is 20.2. The van der Waals surface area contributed by atoms with Crippen molar-refractivity contribution in [1.29, 1.82) is 0 Å². The van der Waals surface area contributed by atoms with Gasteiger partial charge in [-0.3, -0.25) is 4.79 Å². The normalized spacial score (nSPS) is 19.6. The number of aliphatic hydroxyl groups excluding tert-OH is 1. The fourth-order valence-electron chi connectivity index (χ4n) is 2.84. The Morgan fingerprint density at radius 2 is 1.23 bits per heavy atom. The van der Waals surface area contributed by atoms with E-state index >= 15 is 0 Å². The summed E-state index contributed by atoms with van der Waals surface area (Å²) in [6.45, 7) is 2.20. The summed E-state index contributed by atoms with van der Waals surface area (Å²) in [4.78, 5) is 9.00. The molecule has 0 aromatic heterocycles. The van der Waals surface area contributed by atoms with Gasteiger partial charge in [0, 0.05) is 19.8 Å². The first-order valence-electron chi connectivity index (χ1n) is 8.73. The summed E-state index contributed by atoms with van der Waals surface area (Å²) in [5.74, 6) is -0.833. The van der Waals surface area contributed by atoms with Gasteiger partial charge in [-0.15, -0.1) is 0 Å². The van der Waals surface area contributed by atoms with Gasteiger partial charge in [-0.2, -0.15) is 0 Å². The molecule has 1 aliphatic carbocycles. The van der Waals surface area contributed by atoms with E-state index in [9.17, 15) is 5.11 Å². The number of carboxylic acids is 1. The van der Waals surface area contributed by atoms with E-state index in [0.29, 0.717) is 26.1 Å². The Morgan fingerprint density at radius 3 is 1.58 bits per heavy atom. The Balaban J connectivity index is 0.000000552. The summed E-state index contributed by atoms with van der Waals surface area (Å²) in [7, 11) is 0. The monoisotopic (exact) mass is 358 g/mol. The predicted molar refractivity (Wildman–Crippen MR) is 98.6 cm³/mol. The molecular formula is C21H26O5. The van der Waals surface area contributed by atoms with Crippen molar-refractivity contribution in [3.63, 3.8) is 0 Å². The topological polar surface area (TPSA) is 76.0 Å². The van der Waals surface area contributed by atoms with Gasteiger partial charge in [0.15, 0.2) is 0 Å². The second kappa shape index (κ2) is 10.7. The lowest BCUT2D eigenvalue weighted by molar-refractivity contribution is -0.134. The summed E-state index contributed by atoms with van der Waals surface area (Å²) in [5, 5.41) is 17.3. The number of hydrogen-bond acceptors (Lipinski definition) is 4. The molecule has 0 heterocycles. The van der Waals surface area contributed by atoms with Crippen LogP contribution in [-0.4, -0.2) is 34.5 Å². The van der Waals surface area contributed by atoms with Crippen LogP contribution in [0.15, 0.2) is 60.7 Å². The number of rotatable bonds is 6. The third-order valence-corrected chi connectivity index (χ3v) is 4.04. The van der Waals surface area contributed by atoms with Crippen molar-refractivity contribution < 1.29 is 24.5 Å². The average molecular weight is 358 g/mol. The lowest BCUT2D eigenvalue weighted by Crippen LogP contribution is -2.26. The molecule has 26 heavy (non-hydrogen) atoms. The lowest BCUT2D eigenvalue weighted by Gasteiger charge is -2.20. The Labute approximate surface area is 154 Å². The standard InChI is InChI=1S/C19H22O3.C2H4O2/c20-17-11-18(21-13-15-7-3-1-4-8-15)19(12-17)22-14-16-9-5-2-6-10-16;1-2(3)4/h1-10,17-20H,11-14H2;1H3,(H,3,4)/t18-,19-;/m0./s1. The predicted octanol–water partition coefficient (Wildman–Crippen LogP) is 3.40. The van der Waals surface area contributed by atoms with Gasteiger partial charge in [-0.05, 0) is 11.1 Å². The second-order valence-electron chi connectivity index (χ2n) is 6.31. The van der Waals surface area contributed by atoms with Crippen LogP contribution in [0, 0.1) is 0 Å². The van der Waals surface area contributed by atoms with Gasteiger partial charge in [0.25, 0.3) is 5.97 Å². The van der Waals surface area contributed by atoms with Crippen LogP contribution in [0.1, 0.15) is 30.9 Å². The number of benzene rings is 2. The van der Waals surface area contributed by atoms with Crippen molar-refractivity contribution >= 4 is 5.97 Å². The van der Waals surface area contributed by atoms with Crippen LogP contribution in [0.2, 0.25) is 0 Å². The molecule has 2 aromatic rings. The fraction of sp³-hybridized carbons (Fsp3) is 0.381. The average Bonchev–Trinajstić information content (AvgIpc) is 2.99. The van der Waals surface area contributed by atoms with E-state index in [1.54, 1.807) is 0 Å². The first-order valence-corrected chi connectivity index (χ1v) is 8.73. The molecule has 2 atom stereocenters. The third-order valence-electron chi connectivity index (χ3n) is 4.04. The zero-order chi connectivity index (χ0) is 18.8. The molecule has 2 N–H and O–H groups in total. The van der Waals surface area contributed by atoms with Crippen LogP contribution in [-0.2, 0) is 27.5 Å². The van der Waals surface area contributed by atoms with Crippen molar-refractivity contribution in [2.75, 3.05) is 0 Å². The minimum absolute atomic E-state index is 0.0427. The maximum absolute atomic E-state index is 9.90. The smallest absolute Gasteiger partial charge is 0.300 e. The van der Waals surface area contributed by atoms with Crippen LogP contribution < -0.4 is 0 Å². The largest absolute Gasteiger partial charge is 0.481 e. The van der Waals surface area contributed by atoms with Gasteiger partial charge in [-0.1, -0.05) is 60.7 Å². The molecule has 0 aliphatic heterocycles. The molecule has 1 saturated carbocycles. The van der Waals surface area contributed by atoms with Crippen molar-refractivity contribution in [2.45, 2.75) is 51.3 Å². The van der Waals surface area contributed by atoms with Crippen LogP contribution >= 0.6 is 0 Å². The molecule has 2 aromatic carbocycles. The molecule has 0 saturated heterocycles. The number of carbonyl (C=O) groups is 1. The first-order chi connectivity index (χ1) is 12.5. The van der Waals surface area contributed by atoms with E-state index in [1.165, 1.54) is 0 Å². The third kappa shape index (κ3) is 7.35. The molecule has 0 bridgehead atoms. The second-order valence-corrected chi connectivity index (χ2v) is 6.31. The lowest BCUT2D eigenvalue weighted by atomic mass is 10.2. The van der Waals surface area contributed by atoms with Crippen molar-refractivity contribution in [1.82, 2.24) is 0 Å². The minimum Gasteiger partial charge on any atom is -0.481 e. The van der Waals surface area contributed by atoms with Crippen molar-refractivity contribution in [3.8, 4) is 0 Å². The molecular weight excluding hydrogens is 332 g/mol. The highest BCUT2D eigenvalue weighted by molar-refractivity contribution is 5.62. The van der Waals surface area contributed by atoms with E-state index < -0.39 is 5.97 Å². The fourth-order valence-corrected chi connectivity index (χ4v) is 2.84. The summed E-state index contributed by atoms with van der Waals surface area (Å²) in [5.41, 5.74) is 2.29. The van der Waals surface area contributed by atoms with E-state index in [-0.39, 0.29) is 18.3 Å². The highest BCUT2D eigenvalue weighted by Crippen LogP contribution is 2.27. The van der Waals surface area contributed by atoms with Gasteiger partial charge in [-0.25, -0.2) is 0 Å². The maximum Gasteiger partial charge on any atom is 0.300 e. The van der Waals surface area contributed by atoms with E-state index in [1.807, 2.05) is 60.7 Å². The molecule has 3 rings (SSSR count). The molecule has 0 spiro atoms. The molecule has 140 valence electrons. The summed E-state index contributed by atoms with van der Waals surface area (Å²) < 4.78 is 12.0. The first kappa shape index (κ1) is 20.1. The van der Waals surface area contributed by atoms with E-state index in [0.717, 1.165) is 18.1 Å². The molecule has 0 radical (unpaired) electrons. The van der Waals surface area contributed by atoms with Crippen molar-refractivity contribution in [2.24, 2.45) is 0 Å². The highest BCUT2D eigenvalue weighted by atomic mass is 16.5. The SMILES string of the molecule is CC(=O)O.OC1C[C@H](OCc2ccccc2)[C@@H](OCc2ccccc2)C1. The number of aliphatic hydroxyl groups is 1. The van der Waals surface area contributed by atoms with Crippen LogP contribution in [0.4, 0.5) is 0 Å². The van der Waals surface area contributed by atoms with Gasteiger partial charge >= 0.3 is 0 Å². The number of carboxylic acid groups (broad SMARTS) is 1. The van der Waals surface area contributed by atoms with Crippen LogP contribution in [0.25, 0.3) is 0 Å². The zero-order valence-corrected chi connectivity index (χ0v) is 15.0. The maximum atomic E-state index is 9.90. The number of aliphatic carboxylic acids is 1. The van der Waals surface area contributed by atoms with Gasteiger partial charge in [0.2, 0.25) is 0 Å². The van der Waals surface area contributed by atoms with Gasteiger partial charge in [0.05, 0.1) is 31.5 Å². The Bertz CT molecular complexity index is 588. The van der Waals surface area contributed by atoms with Gasteiger partial charge in [0.1, 0.15) is 0 Å². The van der Waals surface area contributed by atoms with Crippen molar-refractivity contribution in [3.05, 3.63) is 71.8 Å². The highest BCUT2D eigenvalue weighted by Gasteiger charge is 2.34. The molecule has 1 aliphatic rings. The van der Waals surface area contributed by atoms with Gasteiger partial charge < -0.3 is 19.7 Å². The van der Waals surface area contributed by atoms with E-state index in [4.69, 9.17) is 19.4 Å². The molecule has 5 nitrogen and oxygen atoms in total. The van der Waals surface area contributed by atoms with Crippen LogP contribution in [0.5, 0.6) is 0 Å². The minimum atomic E-state index is -0.833. The molecule has 5 heteroatoms. The Hall–Kier alpha value is -2.21. The number of ether oxygens (including phenoxy) is 2. The summed E-state index contributed by atoms with van der Waals surface area (Å²) >= 11 is 0. The molecule has 0 amide bonds. The van der Waals surface area contributed by atoms with E-state index in [2.05, 4.69) is 0 Å². The zero-order valence-electron chi connectivity index (χ0n) is 15.0. The van der Waals surface area contributed by atoms with Crippen LogP contribution in [0.3, 0.4) is 0 Å². The Morgan fingerprint density at radius 1 is 0.885 bits per heavy atom. The quantitative estimate of drug-likeness (QED) is 0.828. The Kier molecular flexibility index (Phi) is 8.28. The molecule has 0 unspecified atom stereocenters. The molecule has 1 fully saturated rings. The number of hydrogen-bond donors (Lipinski definition) is 2.